The van der Waals surface area contributed by atoms with Crippen molar-refractivity contribution in [3.05, 3.63) is 35.9 Å². The van der Waals surface area contributed by atoms with Crippen molar-refractivity contribution in [3.8, 4) is 0 Å². The summed E-state index contributed by atoms with van der Waals surface area (Å²) < 4.78 is 5.01. The van der Waals surface area contributed by atoms with E-state index in [1.807, 2.05) is 49.3 Å². The second-order valence-electron chi connectivity index (χ2n) is 4.36. The molecule has 18 heavy (non-hydrogen) atoms. The van der Waals surface area contributed by atoms with Crippen LogP contribution in [0.25, 0.3) is 0 Å². The number of nitrogens with zero attached hydrogens (tertiary/aromatic N) is 1. The molecule has 1 aromatic rings. The molecule has 5 heteroatoms. The molecule has 0 radical (unpaired) electrons. The average Bonchev–Trinajstić information content (AvgIpc) is 2.34. The number of carbonyl (C=O) groups excluding carboxylic acids is 1. The molecule has 1 amide bonds. The number of benzene rings is 1. The van der Waals surface area contributed by atoms with Gasteiger partial charge in [0, 0.05) is 13.1 Å². The van der Waals surface area contributed by atoms with Crippen LogP contribution in [0.5, 0.6) is 0 Å². The molecule has 0 aliphatic heterocycles. The fourth-order valence-electron chi connectivity index (χ4n) is 1.46. The van der Waals surface area contributed by atoms with E-state index < -0.39 is 12.2 Å². The van der Waals surface area contributed by atoms with E-state index in [9.17, 15) is 9.90 Å². The van der Waals surface area contributed by atoms with E-state index in [0.717, 1.165) is 5.56 Å². The molecule has 0 saturated carbocycles. The first kappa shape index (κ1) is 14.5. The van der Waals surface area contributed by atoms with Crippen molar-refractivity contribution < 1.29 is 14.6 Å². The molecule has 0 aromatic heterocycles. The second-order valence-corrected chi connectivity index (χ2v) is 4.36. The van der Waals surface area contributed by atoms with E-state index in [1.54, 1.807) is 0 Å². The number of ether oxygens (including phenoxy) is 1. The zero-order valence-corrected chi connectivity index (χ0v) is 10.8. The number of carbonyl (C=O) groups is 1. The third-order valence-corrected chi connectivity index (χ3v) is 2.27. The van der Waals surface area contributed by atoms with Crippen molar-refractivity contribution in [2.24, 2.45) is 0 Å². The molecular weight excluding hydrogens is 232 g/mol. The number of aliphatic hydroxyl groups is 1. The monoisotopic (exact) mass is 252 g/mol. The molecule has 0 aliphatic carbocycles. The van der Waals surface area contributed by atoms with Crippen molar-refractivity contribution in [2.45, 2.75) is 12.7 Å². The van der Waals surface area contributed by atoms with E-state index in [4.69, 9.17) is 4.74 Å². The summed E-state index contributed by atoms with van der Waals surface area (Å²) in [5.74, 6) is 0. The fourth-order valence-corrected chi connectivity index (χ4v) is 1.46. The Labute approximate surface area is 107 Å². The first-order valence-corrected chi connectivity index (χ1v) is 5.85. The van der Waals surface area contributed by atoms with Crippen LogP contribution in [0.2, 0.25) is 0 Å². The van der Waals surface area contributed by atoms with E-state index in [2.05, 4.69) is 5.32 Å². The molecule has 0 aliphatic rings. The van der Waals surface area contributed by atoms with Gasteiger partial charge in [-0.2, -0.15) is 0 Å². The van der Waals surface area contributed by atoms with Crippen LogP contribution in [0.1, 0.15) is 5.56 Å². The summed E-state index contributed by atoms with van der Waals surface area (Å²) in [5.41, 5.74) is 0.932. The third-order valence-electron chi connectivity index (χ3n) is 2.27. The van der Waals surface area contributed by atoms with Crippen molar-refractivity contribution in [1.29, 1.82) is 0 Å². The highest BCUT2D eigenvalue weighted by Gasteiger charge is 2.08. The van der Waals surface area contributed by atoms with Gasteiger partial charge in [-0.3, -0.25) is 0 Å². The maximum atomic E-state index is 11.3. The topological polar surface area (TPSA) is 61.8 Å². The lowest BCUT2D eigenvalue weighted by Crippen LogP contribution is -2.37. The van der Waals surface area contributed by atoms with Gasteiger partial charge in [-0.15, -0.1) is 0 Å². The van der Waals surface area contributed by atoms with Crippen LogP contribution < -0.4 is 5.32 Å². The van der Waals surface area contributed by atoms with Crippen molar-refractivity contribution in [3.63, 3.8) is 0 Å². The number of rotatable bonds is 6. The summed E-state index contributed by atoms with van der Waals surface area (Å²) in [7, 11) is 3.72. The van der Waals surface area contributed by atoms with Crippen molar-refractivity contribution in [1.82, 2.24) is 10.2 Å². The predicted molar refractivity (Wildman–Crippen MR) is 69.2 cm³/mol. The molecular formula is C13H20N2O3. The predicted octanol–water partition coefficient (Wildman–Crippen LogP) is 0.835. The molecule has 1 atom stereocenters. The van der Waals surface area contributed by atoms with Gasteiger partial charge in [0.2, 0.25) is 0 Å². The van der Waals surface area contributed by atoms with Gasteiger partial charge >= 0.3 is 6.09 Å². The largest absolute Gasteiger partial charge is 0.445 e. The summed E-state index contributed by atoms with van der Waals surface area (Å²) in [6, 6.07) is 9.44. The lowest BCUT2D eigenvalue weighted by molar-refractivity contribution is 0.114. The van der Waals surface area contributed by atoms with Gasteiger partial charge in [0.1, 0.15) is 6.61 Å². The minimum absolute atomic E-state index is 0.186. The summed E-state index contributed by atoms with van der Waals surface area (Å²) in [6.07, 6.45) is -1.11. The van der Waals surface area contributed by atoms with Gasteiger partial charge in [-0.1, -0.05) is 30.3 Å². The Morgan fingerprint density at radius 1 is 1.39 bits per heavy atom. The fraction of sp³-hybridized carbons (Fsp3) is 0.462. The summed E-state index contributed by atoms with van der Waals surface area (Å²) in [5, 5.41) is 12.1. The Morgan fingerprint density at radius 3 is 2.67 bits per heavy atom. The minimum atomic E-state index is -0.593. The zero-order chi connectivity index (χ0) is 13.4. The zero-order valence-electron chi connectivity index (χ0n) is 10.8. The molecule has 0 heterocycles. The quantitative estimate of drug-likeness (QED) is 0.787. The highest BCUT2D eigenvalue weighted by atomic mass is 16.5. The highest BCUT2D eigenvalue weighted by Crippen LogP contribution is 2.00. The van der Waals surface area contributed by atoms with Crippen molar-refractivity contribution in [2.75, 3.05) is 27.2 Å². The summed E-state index contributed by atoms with van der Waals surface area (Å²) >= 11 is 0. The van der Waals surface area contributed by atoms with E-state index >= 15 is 0 Å². The van der Waals surface area contributed by atoms with E-state index in [1.165, 1.54) is 0 Å². The minimum Gasteiger partial charge on any atom is -0.445 e. The van der Waals surface area contributed by atoms with Gasteiger partial charge in [0.25, 0.3) is 0 Å². The third kappa shape index (κ3) is 6.22. The molecule has 2 N–H and O–H groups in total. The van der Waals surface area contributed by atoms with Crippen LogP contribution in [0.3, 0.4) is 0 Å². The van der Waals surface area contributed by atoms with E-state index in [-0.39, 0.29) is 13.2 Å². The number of hydrogen-bond donors (Lipinski definition) is 2. The van der Waals surface area contributed by atoms with Gasteiger partial charge < -0.3 is 20.1 Å². The smallest absolute Gasteiger partial charge is 0.407 e. The number of alkyl carbamates (subject to hydrolysis) is 1. The molecule has 1 aromatic carbocycles. The molecule has 0 saturated heterocycles. The van der Waals surface area contributed by atoms with Gasteiger partial charge in [0.05, 0.1) is 6.10 Å². The summed E-state index contributed by atoms with van der Waals surface area (Å²) in [6.45, 7) is 0.918. The molecule has 1 unspecified atom stereocenters. The number of nitrogens with one attached hydrogen (secondary N) is 1. The van der Waals surface area contributed by atoms with Crippen LogP contribution in [-0.2, 0) is 11.3 Å². The van der Waals surface area contributed by atoms with E-state index in [0.29, 0.717) is 6.54 Å². The van der Waals surface area contributed by atoms with Crippen LogP contribution in [0.15, 0.2) is 30.3 Å². The lowest BCUT2D eigenvalue weighted by atomic mass is 10.2. The Morgan fingerprint density at radius 2 is 2.06 bits per heavy atom. The Bertz CT molecular complexity index is 355. The number of likely N-dealkylation sites (N-methyl/N-ethyl adjacent to an activating group) is 1. The molecule has 0 bridgehead atoms. The van der Waals surface area contributed by atoms with Crippen molar-refractivity contribution >= 4 is 6.09 Å². The lowest BCUT2D eigenvalue weighted by Gasteiger charge is -2.16. The Kier molecular flexibility index (Phi) is 6.18. The molecule has 1 rings (SSSR count). The first-order valence-electron chi connectivity index (χ1n) is 5.85. The first-order chi connectivity index (χ1) is 8.58. The number of hydrogen-bond acceptors (Lipinski definition) is 4. The van der Waals surface area contributed by atoms with Gasteiger partial charge in [-0.05, 0) is 19.7 Å². The molecule has 0 spiro atoms. The molecule has 100 valence electrons. The SMILES string of the molecule is CN(C)CC(O)CNC(=O)OCc1ccccc1. The number of amides is 1. The maximum absolute atomic E-state index is 11.3. The normalized spacial score (nSPS) is 12.2. The Hall–Kier alpha value is -1.59. The maximum Gasteiger partial charge on any atom is 0.407 e. The van der Waals surface area contributed by atoms with Gasteiger partial charge in [0.15, 0.2) is 0 Å². The van der Waals surface area contributed by atoms with Gasteiger partial charge in [-0.25, -0.2) is 4.79 Å². The highest BCUT2D eigenvalue weighted by molar-refractivity contribution is 5.67. The van der Waals surface area contributed by atoms with Crippen LogP contribution in [-0.4, -0.2) is 49.4 Å². The average molecular weight is 252 g/mol. The van der Waals surface area contributed by atoms with Crippen LogP contribution in [0, 0.1) is 0 Å². The van der Waals surface area contributed by atoms with Crippen LogP contribution >= 0.6 is 0 Å². The molecule has 0 fully saturated rings. The Balaban J connectivity index is 2.18. The number of aliphatic hydroxyl groups excluding tert-OH is 1. The standard InChI is InChI=1S/C13H20N2O3/c1-15(2)9-12(16)8-14-13(17)18-10-11-6-4-3-5-7-11/h3-7,12,16H,8-10H2,1-2H3,(H,14,17). The molecule has 5 nitrogen and oxygen atoms in total. The summed E-state index contributed by atoms with van der Waals surface area (Å²) in [4.78, 5) is 13.2. The van der Waals surface area contributed by atoms with Crippen LogP contribution in [0.4, 0.5) is 4.79 Å². The second kappa shape index (κ2) is 7.68.